The Morgan fingerprint density at radius 2 is 1.53 bits per heavy atom. The lowest BCUT2D eigenvalue weighted by Crippen LogP contribution is -2.35. The summed E-state index contributed by atoms with van der Waals surface area (Å²) in [6.07, 6.45) is 4.12. The van der Waals surface area contributed by atoms with Crippen molar-refractivity contribution in [1.82, 2.24) is 20.5 Å². The van der Waals surface area contributed by atoms with E-state index in [1.165, 1.54) is 0 Å². The molecular weight excluding hydrogens is 384 g/mol. The summed E-state index contributed by atoms with van der Waals surface area (Å²) >= 11 is 0. The molecule has 0 radical (unpaired) electrons. The number of nitrogens with zero attached hydrogens (tertiary/aromatic N) is 1. The van der Waals surface area contributed by atoms with Crippen LogP contribution in [0.3, 0.4) is 0 Å². The zero-order valence-corrected chi connectivity index (χ0v) is 17.7. The number of nitrogens with one attached hydrogen (secondary N) is 3. The molecule has 1 aromatic carbocycles. The molecule has 3 amide bonds. The molecule has 30 heavy (non-hydrogen) atoms. The molecule has 0 aliphatic heterocycles. The number of aromatic nitrogens is 1. The van der Waals surface area contributed by atoms with Crippen LogP contribution in [-0.2, 0) is 9.53 Å². The number of benzene rings is 1. The van der Waals surface area contributed by atoms with Crippen molar-refractivity contribution in [3.05, 3.63) is 54.4 Å². The molecule has 2 rings (SSSR count). The molecule has 0 atom stereocenters. The third-order valence-electron chi connectivity index (χ3n) is 4.01. The van der Waals surface area contributed by atoms with Crippen molar-refractivity contribution in [2.45, 2.75) is 39.2 Å². The van der Waals surface area contributed by atoms with Gasteiger partial charge in [0.05, 0.1) is 0 Å². The minimum Gasteiger partial charge on any atom is -0.444 e. The van der Waals surface area contributed by atoms with Gasteiger partial charge < -0.3 is 25.3 Å². The van der Waals surface area contributed by atoms with E-state index >= 15 is 0 Å². The van der Waals surface area contributed by atoms with Gasteiger partial charge >= 0.3 is 6.09 Å². The van der Waals surface area contributed by atoms with Gasteiger partial charge in [0, 0.05) is 49.7 Å². The lowest BCUT2D eigenvalue weighted by Gasteiger charge is -2.19. The third-order valence-corrected chi connectivity index (χ3v) is 4.01. The summed E-state index contributed by atoms with van der Waals surface area (Å²) in [6, 6.07) is 11.2. The van der Waals surface area contributed by atoms with Gasteiger partial charge in [0.1, 0.15) is 5.60 Å². The van der Waals surface area contributed by atoms with E-state index in [1.54, 1.807) is 32.9 Å². The summed E-state index contributed by atoms with van der Waals surface area (Å²) in [4.78, 5) is 35.4. The summed E-state index contributed by atoms with van der Waals surface area (Å²) in [6.45, 7) is 6.42. The van der Waals surface area contributed by atoms with Crippen molar-refractivity contribution in [2.75, 3.05) is 19.6 Å². The van der Waals surface area contributed by atoms with Crippen LogP contribution in [0.1, 0.15) is 44.0 Å². The Labute approximate surface area is 177 Å². The minimum atomic E-state index is -0.568. The molecular formula is C22H30N4O4. The number of rotatable bonds is 9. The maximum atomic E-state index is 12.2. The van der Waals surface area contributed by atoms with Crippen LogP contribution in [0.25, 0.3) is 5.69 Å². The molecule has 3 N–H and O–H groups in total. The Kier molecular flexibility index (Phi) is 8.46. The van der Waals surface area contributed by atoms with Crippen LogP contribution in [0.2, 0.25) is 0 Å². The summed E-state index contributed by atoms with van der Waals surface area (Å²) in [5, 5.41) is 8.13. The number of hydrogen-bond acceptors (Lipinski definition) is 4. The van der Waals surface area contributed by atoms with Crippen LogP contribution in [0, 0.1) is 0 Å². The van der Waals surface area contributed by atoms with Crippen LogP contribution in [-0.4, -0.2) is 47.7 Å². The molecule has 8 nitrogen and oxygen atoms in total. The average molecular weight is 415 g/mol. The van der Waals surface area contributed by atoms with Crippen molar-refractivity contribution in [2.24, 2.45) is 0 Å². The van der Waals surface area contributed by atoms with E-state index in [9.17, 15) is 14.4 Å². The van der Waals surface area contributed by atoms with Crippen LogP contribution in [0.5, 0.6) is 0 Å². The highest BCUT2D eigenvalue weighted by Gasteiger charge is 2.15. The van der Waals surface area contributed by atoms with E-state index in [4.69, 9.17) is 4.74 Å². The Bertz CT molecular complexity index is 824. The van der Waals surface area contributed by atoms with Crippen molar-refractivity contribution < 1.29 is 19.1 Å². The Hall–Kier alpha value is -3.29. The SMILES string of the molecule is CC(C)(C)OC(=O)NCCC(=O)NCCCNC(=O)c1ccc(-n2cccc2)cc1. The predicted octanol–water partition coefficient (Wildman–Crippen LogP) is 2.63. The van der Waals surface area contributed by atoms with Gasteiger partial charge in [-0.25, -0.2) is 4.79 Å². The minimum absolute atomic E-state index is 0.151. The van der Waals surface area contributed by atoms with E-state index in [0.717, 1.165) is 5.69 Å². The molecule has 1 aromatic heterocycles. The first-order chi connectivity index (χ1) is 14.2. The average Bonchev–Trinajstić information content (AvgIpc) is 3.21. The molecule has 0 saturated heterocycles. The first-order valence-electron chi connectivity index (χ1n) is 10.00. The molecule has 0 unspecified atom stereocenters. The molecule has 2 aromatic rings. The lowest BCUT2D eigenvalue weighted by molar-refractivity contribution is -0.120. The third kappa shape index (κ3) is 8.38. The Balaban J connectivity index is 1.57. The molecule has 0 aliphatic carbocycles. The Morgan fingerprint density at radius 1 is 0.900 bits per heavy atom. The highest BCUT2D eigenvalue weighted by molar-refractivity contribution is 5.94. The molecule has 0 fully saturated rings. The van der Waals surface area contributed by atoms with Gasteiger partial charge in [0.25, 0.3) is 5.91 Å². The molecule has 1 heterocycles. The van der Waals surface area contributed by atoms with Crippen molar-refractivity contribution in [3.63, 3.8) is 0 Å². The smallest absolute Gasteiger partial charge is 0.407 e. The maximum absolute atomic E-state index is 12.2. The zero-order chi connectivity index (χ0) is 22.0. The summed E-state index contributed by atoms with van der Waals surface area (Å²) < 4.78 is 7.06. The van der Waals surface area contributed by atoms with Gasteiger partial charge in [-0.3, -0.25) is 9.59 Å². The molecule has 162 valence electrons. The number of amides is 3. The number of alkyl carbamates (subject to hydrolysis) is 1. The first-order valence-corrected chi connectivity index (χ1v) is 10.00. The molecule has 0 bridgehead atoms. The second kappa shape index (κ2) is 11.0. The summed E-state index contributed by atoms with van der Waals surface area (Å²) in [5.41, 5.74) is 1.00. The van der Waals surface area contributed by atoms with Gasteiger partial charge in [0.2, 0.25) is 5.91 Å². The van der Waals surface area contributed by atoms with Crippen molar-refractivity contribution in [3.8, 4) is 5.69 Å². The second-order valence-electron chi connectivity index (χ2n) is 7.78. The number of ether oxygens (including phenoxy) is 1. The quantitative estimate of drug-likeness (QED) is 0.549. The molecule has 0 saturated carbocycles. The number of carbonyl (C=O) groups is 3. The molecule has 0 spiro atoms. The Morgan fingerprint density at radius 3 is 2.17 bits per heavy atom. The molecule has 8 heteroatoms. The van der Waals surface area contributed by atoms with E-state index in [-0.39, 0.29) is 24.8 Å². The van der Waals surface area contributed by atoms with Gasteiger partial charge in [-0.05, 0) is 63.6 Å². The van der Waals surface area contributed by atoms with E-state index in [0.29, 0.717) is 25.1 Å². The fourth-order valence-corrected chi connectivity index (χ4v) is 2.59. The van der Waals surface area contributed by atoms with Gasteiger partial charge in [-0.2, -0.15) is 0 Å². The van der Waals surface area contributed by atoms with Crippen LogP contribution in [0.4, 0.5) is 4.79 Å². The molecule has 0 aliphatic rings. The normalized spacial score (nSPS) is 10.9. The van der Waals surface area contributed by atoms with E-state index in [1.807, 2.05) is 41.2 Å². The highest BCUT2D eigenvalue weighted by atomic mass is 16.6. The van der Waals surface area contributed by atoms with Crippen LogP contribution in [0.15, 0.2) is 48.8 Å². The fraction of sp³-hybridized carbons (Fsp3) is 0.409. The first kappa shape index (κ1) is 23.0. The zero-order valence-electron chi connectivity index (χ0n) is 17.7. The highest BCUT2D eigenvalue weighted by Crippen LogP contribution is 2.10. The predicted molar refractivity (Wildman–Crippen MR) is 115 cm³/mol. The monoisotopic (exact) mass is 414 g/mol. The van der Waals surface area contributed by atoms with E-state index < -0.39 is 11.7 Å². The number of hydrogen-bond donors (Lipinski definition) is 3. The fourth-order valence-electron chi connectivity index (χ4n) is 2.59. The van der Waals surface area contributed by atoms with Crippen LogP contribution >= 0.6 is 0 Å². The van der Waals surface area contributed by atoms with Gasteiger partial charge in [-0.15, -0.1) is 0 Å². The largest absolute Gasteiger partial charge is 0.444 e. The van der Waals surface area contributed by atoms with Gasteiger partial charge in [0.15, 0.2) is 0 Å². The van der Waals surface area contributed by atoms with E-state index in [2.05, 4.69) is 16.0 Å². The van der Waals surface area contributed by atoms with Crippen LogP contribution < -0.4 is 16.0 Å². The van der Waals surface area contributed by atoms with Crippen molar-refractivity contribution >= 4 is 17.9 Å². The lowest BCUT2D eigenvalue weighted by atomic mass is 10.2. The summed E-state index contributed by atoms with van der Waals surface area (Å²) in [7, 11) is 0. The number of carbonyl (C=O) groups excluding carboxylic acids is 3. The topological polar surface area (TPSA) is 101 Å². The summed E-state index contributed by atoms with van der Waals surface area (Å²) in [5.74, 6) is -0.320. The second-order valence-corrected chi connectivity index (χ2v) is 7.78. The standard InChI is InChI=1S/C22H30N4O4/c1-22(2,3)30-21(29)25-14-11-19(27)23-12-6-13-24-20(28)17-7-9-18(10-8-17)26-15-4-5-16-26/h4-5,7-10,15-16H,6,11-14H2,1-3H3,(H,23,27)(H,24,28)(H,25,29). The maximum Gasteiger partial charge on any atom is 0.407 e. The van der Waals surface area contributed by atoms with Gasteiger partial charge in [-0.1, -0.05) is 0 Å². The van der Waals surface area contributed by atoms with Crippen molar-refractivity contribution in [1.29, 1.82) is 0 Å².